The molecule has 0 heterocycles. The van der Waals surface area contributed by atoms with Crippen LogP contribution >= 0.6 is 0 Å². The minimum atomic E-state index is -0.791. The number of nitrogens with zero attached hydrogens (tertiary/aromatic N) is 1. The van der Waals surface area contributed by atoms with E-state index in [1.54, 1.807) is 0 Å². The van der Waals surface area contributed by atoms with Gasteiger partial charge in [0, 0.05) is 12.5 Å². The van der Waals surface area contributed by atoms with Crippen LogP contribution in [0.2, 0.25) is 0 Å². The van der Waals surface area contributed by atoms with Crippen molar-refractivity contribution in [3.05, 3.63) is 0 Å². The minimum Gasteiger partial charge on any atom is -0.481 e. The minimum absolute atomic E-state index is 0.142. The van der Waals surface area contributed by atoms with E-state index in [9.17, 15) is 4.79 Å². The van der Waals surface area contributed by atoms with E-state index in [4.69, 9.17) is 10.4 Å². The molecular weight excluding hydrogens is 204 g/mol. The van der Waals surface area contributed by atoms with Crippen LogP contribution in [-0.2, 0) is 4.79 Å². The lowest BCUT2D eigenvalue weighted by Gasteiger charge is -2.27. The normalized spacial score (nSPS) is 20.2. The molecule has 16 heavy (non-hydrogen) atoms. The van der Waals surface area contributed by atoms with Crippen LogP contribution < -0.4 is 5.32 Å². The zero-order valence-corrected chi connectivity index (χ0v) is 9.83. The van der Waals surface area contributed by atoms with Crippen LogP contribution in [0.3, 0.4) is 0 Å². The van der Waals surface area contributed by atoms with Gasteiger partial charge in [0.05, 0.1) is 6.07 Å². The van der Waals surface area contributed by atoms with Gasteiger partial charge in [-0.2, -0.15) is 5.26 Å². The molecule has 1 unspecified atom stereocenters. The zero-order valence-electron chi connectivity index (χ0n) is 9.83. The Bertz CT molecular complexity index is 279. The molecule has 1 aliphatic rings. The van der Waals surface area contributed by atoms with Gasteiger partial charge in [-0.05, 0) is 32.6 Å². The van der Waals surface area contributed by atoms with E-state index in [0.29, 0.717) is 18.9 Å². The summed E-state index contributed by atoms with van der Waals surface area (Å²) in [5.74, 6) is -0.791. The van der Waals surface area contributed by atoms with Gasteiger partial charge in [-0.15, -0.1) is 0 Å². The van der Waals surface area contributed by atoms with Crippen molar-refractivity contribution >= 4 is 5.97 Å². The molecular formula is C12H20N2O2. The fourth-order valence-electron chi connectivity index (χ4n) is 2.27. The van der Waals surface area contributed by atoms with Gasteiger partial charge in [0.2, 0.25) is 0 Å². The molecule has 1 fully saturated rings. The highest BCUT2D eigenvalue weighted by molar-refractivity contribution is 5.66. The number of carbonyl (C=O) groups is 1. The Labute approximate surface area is 96.6 Å². The third kappa shape index (κ3) is 4.19. The first-order valence-electron chi connectivity index (χ1n) is 5.96. The predicted molar refractivity (Wildman–Crippen MR) is 60.9 cm³/mol. The number of carboxylic acids is 1. The van der Waals surface area contributed by atoms with E-state index in [1.165, 1.54) is 12.8 Å². The van der Waals surface area contributed by atoms with Gasteiger partial charge in [0.1, 0.15) is 5.54 Å². The smallest absolute Gasteiger partial charge is 0.303 e. The zero-order chi connectivity index (χ0) is 12.0. The lowest BCUT2D eigenvalue weighted by molar-refractivity contribution is -0.137. The van der Waals surface area contributed by atoms with Crippen molar-refractivity contribution in [1.82, 2.24) is 5.32 Å². The Morgan fingerprint density at radius 3 is 2.69 bits per heavy atom. The second-order valence-electron chi connectivity index (χ2n) is 4.82. The van der Waals surface area contributed by atoms with Crippen LogP contribution in [0.4, 0.5) is 0 Å². The fourth-order valence-corrected chi connectivity index (χ4v) is 2.27. The molecule has 0 aromatic rings. The molecule has 0 aromatic heterocycles. The summed E-state index contributed by atoms with van der Waals surface area (Å²) in [7, 11) is 0. The largest absolute Gasteiger partial charge is 0.481 e. The van der Waals surface area contributed by atoms with E-state index < -0.39 is 11.5 Å². The molecule has 2 N–H and O–H groups in total. The van der Waals surface area contributed by atoms with E-state index in [-0.39, 0.29) is 6.42 Å². The highest BCUT2D eigenvalue weighted by Crippen LogP contribution is 2.22. The summed E-state index contributed by atoms with van der Waals surface area (Å²) in [6.07, 6.45) is 6.03. The Kier molecular flexibility index (Phi) is 4.75. The molecule has 0 amide bonds. The summed E-state index contributed by atoms with van der Waals surface area (Å²) in [6, 6.07) is 2.71. The quantitative estimate of drug-likeness (QED) is 0.724. The van der Waals surface area contributed by atoms with Crippen molar-refractivity contribution < 1.29 is 9.90 Å². The molecule has 0 saturated heterocycles. The van der Waals surface area contributed by atoms with Crippen molar-refractivity contribution in [1.29, 1.82) is 5.26 Å². The molecule has 1 saturated carbocycles. The molecule has 4 heteroatoms. The van der Waals surface area contributed by atoms with Gasteiger partial charge < -0.3 is 5.11 Å². The Hall–Kier alpha value is -1.08. The van der Waals surface area contributed by atoms with E-state index in [2.05, 4.69) is 11.4 Å². The van der Waals surface area contributed by atoms with Crippen LogP contribution in [0.25, 0.3) is 0 Å². The molecule has 4 nitrogen and oxygen atoms in total. The monoisotopic (exact) mass is 224 g/mol. The van der Waals surface area contributed by atoms with Gasteiger partial charge in [-0.3, -0.25) is 10.1 Å². The average Bonchev–Trinajstić information content (AvgIpc) is 2.69. The number of nitrogens with one attached hydrogen (secondary N) is 1. The first-order chi connectivity index (χ1) is 7.56. The van der Waals surface area contributed by atoms with Crippen LogP contribution in [0.5, 0.6) is 0 Å². The highest BCUT2D eigenvalue weighted by atomic mass is 16.4. The average molecular weight is 224 g/mol. The van der Waals surface area contributed by atoms with Crippen molar-refractivity contribution in [3.8, 4) is 6.07 Å². The number of hydrogen-bond acceptors (Lipinski definition) is 3. The van der Waals surface area contributed by atoms with E-state index in [0.717, 1.165) is 12.8 Å². The van der Waals surface area contributed by atoms with Crippen molar-refractivity contribution in [2.45, 2.75) is 63.5 Å². The SMILES string of the molecule is CC(C#N)(CCCC(=O)O)NC1CCCC1. The summed E-state index contributed by atoms with van der Waals surface area (Å²) >= 11 is 0. The molecule has 1 rings (SSSR count). The number of hydrogen-bond donors (Lipinski definition) is 2. The Balaban J connectivity index is 2.36. The maximum absolute atomic E-state index is 10.4. The third-order valence-corrected chi connectivity index (χ3v) is 3.19. The molecule has 1 atom stereocenters. The Morgan fingerprint density at radius 2 is 2.19 bits per heavy atom. The second kappa shape index (κ2) is 5.86. The number of carboxylic acid groups (broad SMARTS) is 1. The molecule has 0 aliphatic heterocycles. The van der Waals surface area contributed by atoms with Crippen LogP contribution in [0, 0.1) is 11.3 Å². The second-order valence-corrected chi connectivity index (χ2v) is 4.82. The maximum Gasteiger partial charge on any atom is 0.303 e. The van der Waals surface area contributed by atoms with Crippen LogP contribution in [0.1, 0.15) is 51.9 Å². The van der Waals surface area contributed by atoms with E-state index >= 15 is 0 Å². The molecule has 0 spiro atoms. The lowest BCUT2D eigenvalue weighted by Crippen LogP contribution is -2.46. The van der Waals surface area contributed by atoms with E-state index in [1.807, 2.05) is 6.92 Å². The lowest BCUT2D eigenvalue weighted by atomic mass is 9.95. The third-order valence-electron chi connectivity index (χ3n) is 3.19. The summed E-state index contributed by atoms with van der Waals surface area (Å²) in [6.45, 7) is 1.87. The molecule has 0 aromatic carbocycles. The summed E-state index contributed by atoms with van der Waals surface area (Å²) in [5, 5.41) is 21.1. The first kappa shape index (κ1) is 13.0. The molecule has 90 valence electrons. The van der Waals surface area contributed by atoms with Gasteiger partial charge in [0.15, 0.2) is 0 Å². The van der Waals surface area contributed by atoms with Gasteiger partial charge >= 0.3 is 5.97 Å². The Morgan fingerprint density at radius 1 is 1.56 bits per heavy atom. The van der Waals surface area contributed by atoms with Crippen LogP contribution in [-0.4, -0.2) is 22.7 Å². The maximum atomic E-state index is 10.4. The highest BCUT2D eigenvalue weighted by Gasteiger charge is 2.28. The fraction of sp³-hybridized carbons (Fsp3) is 0.833. The van der Waals surface area contributed by atoms with Gasteiger partial charge in [-0.1, -0.05) is 12.8 Å². The van der Waals surface area contributed by atoms with Crippen molar-refractivity contribution in [2.24, 2.45) is 0 Å². The summed E-state index contributed by atoms with van der Waals surface area (Å²) in [5.41, 5.74) is -0.565. The number of rotatable bonds is 6. The van der Waals surface area contributed by atoms with Crippen molar-refractivity contribution in [3.63, 3.8) is 0 Å². The predicted octanol–water partition coefficient (Wildman–Crippen LogP) is 2.06. The molecule has 0 radical (unpaired) electrons. The number of nitriles is 1. The van der Waals surface area contributed by atoms with Crippen LogP contribution in [0.15, 0.2) is 0 Å². The van der Waals surface area contributed by atoms with Gasteiger partial charge in [0.25, 0.3) is 0 Å². The topological polar surface area (TPSA) is 73.1 Å². The molecule has 0 bridgehead atoms. The standard InChI is InChI=1S/C12H20N2O2/c1-12(9-13,8-4-7-11(15)16)14-10-5-2-3-6-10/h10,14H,2-8H2,1H3,(H,15,16). The van der Waals surface area contributed by atoms with Gasteiger partial charge in [-0.25, -0.2) is 0 Å². The summed E-state index contributed by atoms with van der Waals surface area (Å²) in [4.78, 5) is 10.4. The number of aliphatic carboxylic acids is 1. The molecule has 1 aliphatic carbocycles. The van der Waals surface area contributed by atoms with Crippen molar-refractivity contribution in [2.75, 3.05) is 0 Å². The summed E-state index contributed by atoms with van der Waals surface area (Å²) < 4.78 is 0. The first-order valence-corrected chi connectivity index (χ1v) is 5.96.